The summed E-state index contributed by atoms with van der Waals surface area (Å²) in [6, 6.07) is 38.9. The molecule has 0 amide bonds. The number of hydrogen-bond acceptors (Lipinski definition) is 10. The van der Waals surface area contributed by atoms with E-state index in [1.165, 1.54) is 12.1 Å². The lowest BCUT2D eigenvalue weighted by molar-refractivity contribution is -0.137. The summed E-state index contributed by atoms with van der Waals surface area (Å²) in [7, 11) is -3.66. The fourth-order valence-electron chi connectivity index (χ4n) is 5.95. The van der Waals surface area contributed by atoms with Crippen LogP contribution in [-0.4, -0.2) is 83.3 Å². The van der Waals surface area contributed by atoms with Gasteiger partial charge >= 0.3 is 17.9 Å². The number of nitrogens with one attached hydrogen (secondary N) is 1. The average Bonchev–Trinajstić information content (AvgIpc) is 3.26. The van der Waals surface area contributed by atoms with Crippen molar-refractivity contribution in [3.63, 3.8) is 0 Å². The number of primary sulfonamides is 1. The van der Waals surface area contributed by atoms with Crippen molar-refractivity contribution in [2.75, 3.05) is 26.3 Å². The highest BCUT2D eigenvalue weighted by Gasteiger charge is 2.10. The van der Waals surface area contributed by atoms with Gasteiger partial charge in [-0.25, -0.2) is 13.6 Å². The Hall–Kier alpha value is -5.94. The number of carbonyl (C=O) groups is 3. The van der Waals surface area contributed by atoms with Crippen molar-refractivity contribution >= 4 is 27.9 Å². The molecular formula is C49H62N2O12S. The second kappa shape index (κ2) is 31.8. The predicted octanol–water partition coefficient (Wildman–Crippen LogP) is 6.70. The fraction of sp³-hybridized carbons (Fsp3) is 0.327. The number of sulfonamides is 1. The van der Waals surface area contributed by atoms with E-state index in [0.29, 0.717) is 24.3 Å². The number of aliphatic carboxylic acids is 3. The van der Waals surface area contributed by atoms with E-state index in [1.54, 1.807) is 60.7 Å². The van der Waals surface area contributed by atoms with Gasteiger partial charge in [0.25, 0.3) is 0 Å². The first kappa shape index (κ1) is 54.2. The van der Waals surface area contributed by atoms with Gasteiger partial charge in [0.05, 0.1) is 36.9 Å². The van der Waals surface area contributed by atoms with Crippen LogP contribution in [0.5, 0.6) is 5.75 Å². The molecule has 15 heteroatoms. The lowest BCUT2D eigenvalue weighted by Gasteiger charge is -2.14. The molecule has 0 aromatic heterocycles. The van der Waals surface area contributed by atoms with Gasteiger partial charge in [-0.1, -0.05) is 128 Å². The van der Waals surface area contributed by atoms with E-state index < -0.39 is 34.0 Å². The summed E-state index contributed by atoms with van der Waals surface area (Å²) < 4.78 is 28.5. The van der Waals surface area contributed by atoms with E-state index in [1.807, 2.05) is 60.7 Å². The molecule has 64 heavy (non-hydrogen) atoms. The zero-order chi connectivity index (χ0) is 47.0. The number of ether oxygens (including phenoxy) is 1. The van der Waals surface area contributed by atoms with Crippen LogP contribution >= 0.6 is 0 Å². The van der Waals surface area contributed by atoms with E-state index in [0.717, 1.165) is 80.4 Å². The predicted molar refractivity (Wildman–Crippen MR) is 245 cm³/mol. The summed E-state index contributed by atoms with van der Waals surface area (Å²) in [5.74, 6) is -2.33. The summed E-state index contributed by atoms with van der Waals surface area (Å²) in [6.45, 7) is 2.36. The minimum Gasteiger partial charge on any atom is -0.508 e. The minimum atomic E-state index is -3.66. The van der Waals surface area contributed by atoms with Crippen molar-refractivity contribution in [1.82, 2.24) is 5.32 Å². The number of aromatic hydroxyl groups is 1. The smallest absolute Gasteiger partial charge is 0.307 e. The van der Waals surface area contributed by atoms with E-state index >= 15 is 0 Å². The number of rotatable bonds is 23. The number of carboxylic acid groups (broad SMARTS) is 3. The molecule has 5 aromatic carbocycles. The van der Waals surface area contributed by atoms with Crippen molar-refractivity contribution in [1.29, 1.82) is 0 Å². The monoisotopic (exact) mass is 902 g/mol. The molecule has 14 nitrogen and oxygen atoms in total. The molecule has 1 atom stereocenters. The maximum absolute atomic E-state index is 11.4. The average molecular weight is 903 g/mol. The zero-order valence-corrected chi connectivity index (χ0v) is 36.8. The van der Waals surface area contributed by atoms with Crippen LogP contribution in [0.4, 0.5) is 0 Å². The van der Waals surface area contributed by atoms with E-state index in [-0.39, 0.29) is 36.5 Å². The molecule has 0 aliphatic carbocycles. The molecule has 0 bridgehead atoms. The second-order valence-electron chi connectivity index (χ2n) is 14.6. The van der Waals surface area contributed by atoms with Crippen LogP contribution < -0.4 is 10.5 Å². The normalized spacial score (nSPS) is 11.0. The first-order chi connectivity index (χ1) is 30.7. The van der Waals surface area contributed by atoms with Gasteiger partial charge < -0.3 is 40.7 Å². The third-order valence-electron chi connectivity index (χ3n) is 9.21. The summed E-state index contributed by atoms with van der Waals surface area (Å²) in [4.78, 5) is 30.7. The van der Waals surface area contributed by atoms with Gasteiger partial charge in [0.15, 0.2) is 0 Å². The first-order valence-corrected chi connectivity index (χ1v) is 22.5. The van der Waals surface area contributed by atoms with E-state index in [9.17, 15) is 38.1 Å². The maximum Gasteiger partial charge on any atom is 0.307 e. The Balaban J connectivity index is 0.000000373. The van der Waals surface area contributed by atoms with Gasteiger partial charge in [-0.3, -0.25) is 14.4 Å². The van der Waals surface area contributed by atoms with Crippen LogP contribution in [0.3, 0.4) is 0 Å². The van der Waals surface area contributed by atoms with Crippen LogP contribution in [0.2, 0.25) is 0 Å². The Morgan fingerprint density at radius 3 is 1.55 bits per heavy atom. The third-order valence-corrected chi connectivity index (χ3v) is 10.1. The molecular weight excluding hydrogens is 841 g/mol. The number of unbranched alkanes of at least 4 members (excludes halogenated alkanes) is 4. The standard InChI is InChI=1S/C25H38N2O6S.3C8H8O2/c26-34(31,32)23-10-6-8-20(16-23)9-7-15-33-14-5-3-1-2-4-13-27-18-25(30)21-11-12-24(29)22(17-21)19-28;3*9-8(10)6-7-4-2-1-3-5-7/h6,8,10-12,16-17,25,27-30H,1-5,7,9,13-15,18-19H2,(H2,26,31,32);3*1-5H,6H2,(H,9,10)/t25-;;;/m0.../s1. The van der Waals surface area contributed by atoms with Gasteiger partial charge in [-0.15, -0.1) is 0 Å². The number of benzene rings is 5. The Bertz CT molecular complexity index is 2050. The SMILES string of the molecule is NS(=O)(=O)c1cccc(CCCOCCCCCCCNC[C@H](O)c2ccc(O)c(CO)c2)c1.O=C(O)Cc1ccccc1.O=C(O)Cc1ccccc1.O=C(O)Cc1ccccc1. The molecule has 0 saturated carbocycles. The summed E-state index contributed by atoms with van der Waals surface area (Å²) >= 11 is 0. The number of aliphatic hydroxyl groups excluding tert-OH is 2. The van der Waals surface area contributed by atoms with E-state index in [2.05, 4.69) is 5.32 Å². The van der Waals surface area contributed by atoms with Crippen LogP contribution in [0.25, 0.3) is 0 Å². The summed E-state index contributed by atoms with van der Waals surface area (Å²) in [5, 5.41) is 62.5. The maximum atomic E-state index is 11.4. The number of hydrogen-bond donors (Lipinski definition) is 8. The molecule has 5 aromatic rings. The van der Waals surface area contributed by atoms with Crippen molar-refractivity contribution in [3.05, 3.63) is 167 Å². The second-order valence-corrected chi connectivity index (χ2v) is 16.2. The molecule has 0 radical (unpaired) electrons. The van der Waals surface area contributed by atoms with Gasteiger partial charge in [0, 0.05) is 25.3 Å². The molecule has 346 valence electrons. The molecule has 9 N–H and O–H groups in total. The number of nitrogens with two attached hydrogens (primary N) is 1. The van der Waals surface area contributed by atoms with Crippen molar-refractivity contribution < 1.29 is 58.2 Å². The summed E-state index contributed by atoms with van der Waals surface area (Å²) in [5.41, 5.74) is 4.55. The fourth-order valence-corrected chi connectivity index (χ4v) is 6.53. The van der Waals surface area contributed by atoms with Crippen molar-refractivity contribution in [3.8, 4) is 5.75 Å². The molecule has 0 saturated heterocycles. The van der Waals surface area contributed by atoms with Crippen molar-refractivity contribution in [2.24, 2.45) is 5.14 Å². The highest BCUT2D eigenvalue weighted by atomic mass is 32.2. The number of carboxylic acids is 3. The molecule has 0 heterocycles. The Labute approximate surface area is 376 Å². The molecule has 0 aliphatic heterocycles. The van der Waals surface area contributed by atoms with E-state index in [4.69, 9.17) is 25.2 Å². The minimum absolute atomic E-state index is 0.0324. The zero-order valence-electron chi connectivity index (χ0n) is 36.0. The quantitative estimate of drug-likeness (QED) is 0.0318. The van der Waals surface area contributed by atoms with Crippen LogP contribution in [0, 0.1) is 0 Å². The number of phenols is 1. The largest absolute Gasteiger partial charge is 0.508 e. The van der Waals surface area contributed by atoms with Crippen LogP contribution in [0.1, 0.15) is 78.0 Å². The molecule has 0 fully saturated rings. The lowest BCUT2D eigenvalue weighted by atomic mass is 10.1. The summed E-state index contributed by atoms with van der Waals surface area (Å²) in [6.07, 6.45) is 6.63. The van der Waals surface area contributed by atoms with Crippen molar-refractivity contribution in [2.45, 2.75) is 81.8 Å². The highest BCUT2D eigenvalue weighted by Crippen LogP contribution is 2.22. The molecule has 0 spiro atoms. The molecule has 0 unspecified atom stereocenters. The van der Waals surface area contributed by atoms with Gasteiger partial charge in [0.1, 0.15) is 5.75 Å². The Morgan fingerprint density at radius 2 is 1.06 bits per heavy atom. The molecule has 0 aliphatic rings. The Morgan fingerprint density at radius 1 is 0.594 bits per heavy atom. The first-order valence-electron chi connectivity index (χ1n) is 21.0. The Kier molecular flexibility index (Phi) is 27.0. The van der Waals surface area contributed by atoms with Crippen LogP contribution in [-0.2, 0) is 61.4 Å². The lowest BCUT2D eigenvalue weighted by Crippen LogP contribution is -2.22. The number of aryl methyl sites for hydroxylation is 1. The molecule has 5 rings (SSSR count). The highest BCUT2D eigenvalue weighted by molar-refractivity contribution is 7.89. The number of aliphatic hydroxyl groups is 2. The van der Waals surface area contributed by atoms with Gasteiger partial charge in [-0.2, -0.15) is 0 Å². The van der Waals surface area contributed by atoms with Gasteiger partial charge in [0.2, 0.25) is 10.0 Å². The topological polar surface area (TPSA) is 254 Å². The van der Waals surface area contributed by atoms with Crippen LogP contribution in [0.15, 0.2) is 138 Å². The third kappa shape index (κ3) is 25.9. The van der Waals surface area contributed by atoms with Gasteiger partial charge in [-0.05, 0) is 84.3 Å².